The lowest BCUT2D eigenvalue weighted by Crippen LogP contribution is -2.50. The molecule has 10 heteroatoms. The molecular formula is C24H28FN3O5S. The molecule has 0 saturated carbocycles. The first kappa shape index (κ1) is 25.6. The zero-order valence-electron chi connectivity index (χ0n) is 19.5. The first-order valence-electron chi connectivity index (χ1n) is 10.8. The van der Waals surface area contributed by atoms with E-state index in [0.29, 0.717) is 11.1 Å². The van der Waals surface area contributed by atoms with Crippen LogP contribution in [0.4, 0.5) is 4.39 Å². The van der Waals surface area contributed by atoms with Crippen molar-refractivity contribution in [3.63, 3.8) is 0 Å². The number of aromatic nitrogens is 1. The highest BCUT2D eigenvalue weighted by atomic mass is 32.2. The maximum atomic E-state index is 13.4. The van der Waals surface area contributed by atoms with Crippen LogP contribution in [-0.4, -0.2) is 78.8 Å². The summed E-state index contributed by atoms with van der Waals surface area (Å²) in [5.74, 6) is 4.93. The van der Waals surface area contributed by atoms with E-state index in [1.165, 1.54) is 29.7 Å². The molecule has 0 unspecified atom stereocenters. The molecule has 1 N–H and O–H groups in total. The highest BCUT2D eigenvalue weighted by molar-refractivity contribution is 7.88. The third kappa shape index (κ3) is 6.11. The minimum absolute atomic E-state index is 0.0722. The average molecular weight is 490 g/mol. The quantitative estimate of drug-likeness (QED) is 0.643. The van der Waals surface area contributed by atoms with Crippen molar-refractivity contribution in [1.29, 1.82) is 0 Å². The number of fused-ring (bicyclic) bond motifs is 1. The normalized spacial score (nSPS) is 19.4. The molecule has 1 aliphatic rings. The maximum absolute atomic E-state index is 13.4. The monoisotopic (exact) mass is 489 g/mol. The molecule has 1 aromatic carbocycles. The summed E-state index contributed by atoms with van der Waals surface area (Å²) in [6, 6.07) is 6.81. The van der Waals surface area contributed by atoms with Crippen molar-refractivity contribution in [3.8, 4) is 17.7 Å². The van der Waals surface area contributed by atoms with Gasteiger partial charge in [-0.2, -0.15) is 0 Å². The highest BCUT2D eigenvalue weighted by Gasteiger charge is 2.35. The van der Waals surface area contributed by atoms with E-state index >= 15 is 0 Å². The number of aliphatic hydroxyl groups excluding tert-OH is 1. The SMILES string of the molecule is C[C@H](CO)N1C[C@H](C)[C@H](CN(C)S(C)(=O)=O)Oc2ncc(C#Cc3ccc(F)cc3)cc2C1=O. The predicted molar refractivity (Wildman–Crippen MR) is 125 cm³/mol. The van der Waals surface area contributed by atoms with Gasteiger partial charge in [0.1, 0.15) is 17.5 Å². The Morgan fingerprint density at radius 3 is 2.56 bits per heavy atom. The number of ether oxygens (including phenoxy) is 1. The molecule has 0 fully saturated rings. The highest BCUT2D eigenvalue weighted by Crippen LogP contribution is 2.27. The Morgan fingerprint density at radius 2 is 1.94 bits per heavy atom. The number of hydrogen-bond donors (Lipinski definition) is 1. The minimum atomic E-state index is -3.44. The second-order valence-electron chi connectivity index (χ2n) is 8.50. The molecule has 182 valence electrons. The van der Waals surface area contributed by atoms with Crippen LogP contribution in [0.15, 0.2) is 36.5 Å². The summed E-state index contributed by atoms with van der Waals surface area (Å²) in [6.07, 6.45) is 2.00. The van der Waals surface area contributed by atoms with E-state index in [-0.39, 0.29) is 48.8 Å². The molecule has 2 heterocycles. The maximum Gasteiger partial charge on any atom is 0.259 e. The first-order valence-corrected chi connectivity index (χ1v) is 12.6. The van der Waals surface area contributed by atoms with Crippen LogP contribution >= 0.6 is 0 Å². The van der Waals surface area contributed by atoms with Gasteiger partial charge in [-0.15, -0.1) is 0 Å². The number of rotatable bonds is 5. The predicted octanol–water partition coefficient (Wildman–Crippen LogP) is 1.73. The zero-order valence-corrected chi connectivity index (χ0v) is 20.3. The standard InChI is InChI=1S/C24H28FN3O5S/c1-16-13-28(17(2)15-29)24(30)21-11-19(6-5-18-7-9-20(25)10-8-18)12-26-23(21)33-22(16)14-27(3)34(4,31)32/h7-12,16-17,22,29H,13-15H2,1-4H3/t16-,17+,22-/m0/s1. The summed E-state index contributed by atoms with van der Waals surface area (Å²) in [4.78, 5) is 19.2. The van der Waals surface area contributed by atoms with Crippen LogP contribution in [0.5, 0.6) is 5.88 Å². The summed E-state index contributed by atoms with van der Waals surface area (Å²) in [6.45, 7) is 3.69. The molecule has 1 aliphatic heterocycles. The summed E-state index contributed by atoms with van der Waals surface area (Å²) < 4.78 is 44.3. The van der Waals surface area contributed by atoms with Gasteiger partial charge in [0.15, 0.2) is 0 Å². The molecule has 34 heavy (non-hydrogen) atoms. The van der Waals surface area contributed by atoms with Crippen molar-refractivity contribution in [1.82, 2.24) is 14.2 Å². The number of carbonyl (C=O) groups excluding carboxylic acids is 1. The molecule has 3 atom stereocenters. The first-order chi connectivity index (χ1) is 16.0. The number of sulfonamides is 1. The van der Waals surface area contributed by atoms with Crippen molar-refractivity contribution in [2.24, 2.45) is 5.92 Å². The van der Waals surface area contributed by atoms with E-state index in [1.807, 2.05) is 6.92 Å². The molecule has 0 radical (unpaired) electrons. The van der Waals surface area contributed by atoms with Crippen molar-refractivity contribution >= 4 is 15.9 Å². The van der Waals surface area contributed by atoms with Crippen molar-refractivity contribution in [2.75, 3.05) is 33.0 Å². The van der Waals surface area contributed by atoms with E-state index in [0.717, 1.165) is 6.26 Å². The molecule has 2 aromatic rings. The molecule has 0 aliphatic carbocycles. The van der Waals surface area contributed by atoms with E-state index in [4.69, 9.17) is 4.74 Å². The van der Waals surface area contributed by atoms with E-state index < -0.39 is 22.2 Å². The summed E-state index contributed by atoms with van der Waals surface area (Å²) in [5.41, 5.74) is 1.23. The van der Waals surface area contributed by atoms with Gasteiger partial charge in [-0.1, -0.05) is 18.8 Å². The van der Waals surface area contributed by atoms with Crippen LogP contribution in [0.25, 0.3) is 0 Å². The number of benzene rings is 1. The number of aliphatic hydroxyl groups is 1. The Hall–Kier alpha value is -3.00. The van der Waals surface area contributed by atoms with E-state index in [2.05, 4.69) is 16.8 Å². The van der Waals surface area contributed by atoms with Gasteiger partial charge in [0.05, 0.1) is 25.4 Å². The molecule has 8 nitrogen and oxygen atoms in total. The fraction of sp³-hybridized carbons (Fsp3) is 0.417. The largest absolute Gasteiger partial charge is 0.472 e. The summed E-state index contributed by atoms with van der Waals surface area (Å²) in [7, 11) is -1.98. The number of amides is 1. The molecule has 1 aromatic heterocycles. The second kappa shape index (κ2) is 10.5. The van der Waals surface area contributed by atoms with Crippen LogP contribution in [0.1, 0.15) is 35.3 Å². The summed E-state index contributed by atoms with van der Waals surface area (Å²) in [5, 5.41) is 9.73. The zero-order chi connectivity index (χ0) is 25.0. The van der Waals surface area contributed by atoms with Gasteiger partial charge in [-0.3, -0.25) is 4.79 Å². The Labute approximate surface area is 199 Å². The fourth-order valence-corrected chi connectivity index (χ4v) is 3.87. The minimum Gasteiger partial charge on any atom is -0.472 e. The van der Waals surface area contributed by atoms with Crippen molar-refractivity contribution in [2.45, 2.75) is 26.0 Å². The van der Waals surface area contributed by atoms with Gasteiger partial charge in [0.2, 0.25) is 15.9 Å². The fourth-order valence-electron chi connectivity index (χ4n) is 3.45. The lowest BCUT2D eigenvalue weighted by molar-refractivity contribution is 0.0373. The van der Waals surface area contributed by atoms with Crippen LogP contribution in [0.2, 0.25) is 0 Å². The number of carbonyl (C=O) groups is 1. The van der Waals surface area contributed by atoms with Gasteiger partial charge in [0, 0.05) is 36.8 Å². The number of nitrogens with zero attached hydrogens (tertiary/aromatic N) is 3. The molecule has 0 saturated heterocycles. The lowest BCUT2D eigenvalue weighted by atomic mass is 10.0. The number of halogens is 1. The Balaban J connectivity index is 2.01. The number of likely N-dealkylation sites (N-methyl/N-ethyl adjacent to an activating group) is 1. The Bertz CT molecular complexity index is 1210. The Morgan fingerprint density at radius 1 is 1.29 bits per heavy atom. The smallest absolute Gasteiger partial charge is 0.259 e. The molecule has 1 amide bonds. The molecular weight excluding hydrogens is 461 g/mol. The average Bonchev–Trinajstić information content (AvgIpc) is 2.79. The third-order valence-corrected chi connectivity index (χ3v) is 7.00. The van der Waals surface area contributed by atoms with E-state index in [1.54, 1.807) is 30.0 Å². The Kier molecular flexibility index (Phi) is 7.92. The van der Waals surface area contributed by atoms with Crippen LogP contribution in [0.3, 0.4) is 0 Å². The topological polar surface area (TPSA) is 100 Å². The van der Waals surface area contributed by atoms with Gasteiger partial charge >= 0.3 is 0 Å². The lowest BCUT2D eigenvalue weighted by Gasteiger charge is -2.37. The molecule has 3 rings (SSSR count). The number of pyridine rings is 1. The van der Waals surface area contributed by atoms with Crippen LogP contribution in [0, 0.1) is 23.6 Å². The molecule has 0 bridgehead atoms. The van der Waals surface area contributed by atoms with Crippen LogP contribution in [-0.2, 0) is 10.0 Å². The second-order valence-corrected chi connectivity index (χ2v) is 10.6. The van der Waals surface area contributed by atoms with Crippen molar-refractivity contribution in [3.05, 3.63) is 59.0 Å². The number of hydrogen-bond acceptors (Lipinski definition) is 6. The van der Waals surface area contributed by atoms with Crippen LogP contribution < -0.4 is 4.74 Å². The summed E-state index contributed by atoms with van der Waals surface area (Å²) >= 11 is 0. The van der Waals surface area contributed by atoms with Gasteiger partial charge in [-0.05, 0) is 37.3 Å². The van der Waals surface area contributed by atoms with Gasteiger partial charge in [0.25, 0.3) is 5.91 Å². The van der Waals surface area contributed by atoms with Gasteiger partial charge in [-0.25, -0.2) is 22.1 Å². The third-order valence-electron chi connectivity index (χ3n) is 5.72. The van der Waals surface area contributed by atoms with E-state index in [9.17, 15) is 22.7 Å². The molecule has 0 spiro atoms. The van der Waals surface area contributed by atoms with Crippen molar-refractivity contribution < 1.29 is 27.4 Å². The van der Waals surface area contributed by atoms with Gasteiger partial charge < -0.3 is 14.7 Å².